The number of benzene rings is 2. The standard InChI is InChI=1S/C14H11BrF3NO/c15-11-5-6-12(10-4-2-1-3-9(10)11)19-13(20)7-8-14(16,17)18/h1-6H,7-8H2,(H,19,20). The van der Waals surface area contributed by atoms with E-state index in [2.05, 4.69) is 21.2 Å². The van der Waals surface area contributed by atoms with Crippen LogP contribution in [0.3, 0.4) is 0 Å². The molecule has 0 atom stereocenters. The van der Waals surface area contributed by atoms with Gasteiger partial charge in [-0.1, -0.05) is 40.2 Å². The Balaban J connectivity index is 2.18. The smallest absolute Gasteiger partial charge is 0.326 e. The number of halogens is 4. The molecule has 2 nitrogen and oxygen atoms in total. The van der Waals surface area contributed by atoms with Gasteiger partial charge in [0.25, 0.3) is 0 Å². The quantitative estimate of drug-likeness (QED) is 0.843. The zero-order chi connectivity index (χ0) is 14.8. The molecule has 0 saturated carbocycles. The highest BCUT2D eigenvalue weighted by Gasteiger charge is 2.27. The normalized spacial score (nSPS) is 11.6. The number of hydrogen-bond donors (Lipinski definition) is 1. The van der Waals surface area contributed by atoms with Crippen LogP contribution in [0.25, 0.3) is 10.8 Å². The number of anilines is 1. The van der Waals surface area contributed by atoms with Gasteiger partial charge in [-0.25, -0.2) is 0 Å². The lowest BCUT2D eigenvalue weighted by molar-refractivity contribution is -0.142. The molecule has 1 N–H and O–H groups in total. The van der Waals surface area contributed by atoms with Gasteiger partial charge < -0.3 is 5.32 Å². The summed E-state index contributed by atoms with van der Waals surface area (Å²) in [6, 6.07) is 10.7. The van der Waals surface area contributed by atoms with Gasteiger partial charge in [0, 0.05) is 22.0 Å². The summed E-state index contributed by atoms with van der Waals surface area (Å²) in [6.45, 7) is 0. The van der Waals surface area contributed by atoms with Crippen LogP contribution in [0.5, 0.6) is 0 Å². The van der Waals surface area contributed by atoms with Crippen molar-refractivity contribution in [2.75, 3.05) is 5.32 Å². The van der Waals surface area contributed by atoms with E-state index >= 15 is 0 Å². The Kier molecular flexibility index (Phi) is 4.32. The molecular formula is C14H11BrF3NO. The minimum atomic E-state index is -4.32. The Labute approximate surface area is 122 Å². The largest absolute Gasteiger partial charge is 0.389 e. The van der Waals surface area contributed by atoms with Crippen molar-refractivity contribution in [2.45, 2.75) is 19.0 Å². The first-order chi connectivity index (χ1) is 9.37. The zero-order valence-corrected chi connectivity index (χ0v) is 11.9. The van der Waals surface area contributed by atoms with E-state index in [0.29, 0.717) is 5.69 Å². The minimum absolute atomic E-state index is 0.510. The van der Waals surface area contributed by atoms with Crippen LogP contribution in [0, 0.1) is 0 Å². The molecule has 0 aromatic heterocycles. The van der Waals surface area contributed by atoms with Crippen molar-refractivity contribution in [1.82, 2.24) is 0 Å². The number of nitrogens with one attached hydrogen (secondary N) is 1. The summed E-state index contributed by atoms with van der Waals surface area (Å²) in [4.78, 5) is 11.6. The Bertz CT molecular complexity index is 640. The fourth-order valence-corrected chi connectivity index (χ4v) is 2.32. The molecule has 0 aliphatic heterocycles. The van der Waals surface area contributed by atoms with Crippen LogP contribution in [0.15, 0.2) is 40.9 Å². The molecule has 2 aromatic rings. The molecule has 0 aliphatic rings. The monoisotopic (exact) mass is 345 g/mol. The molecule has 0 radical (unpaired) electrons. The molecule has 1 amide bonds. The van der Waals surface area contributed by atoms with Crippen molar-refractivity contribution < 1.29 is 18.0 Å². The molecule has 106 valence electrons. The van der Waals surface area contributed by atoms with Crippen molar-refractivity contribution in [1.29, 1.82) is 0 Å². The molecule has 2 aromatic carbocycles. The number of carbonyl (C=O) groups is 1. The lowest BCUT2D eigenvalue weighted by Gasteiger charge is -2.11. The number of amides is 1. The molecule has 0 heterocycles. The van der Waals surface area contributed by atoms with Crippen molar-refractivity contribution >= 4 is 38.3 Å². The maximum absolute atomic E-state index is 12.1. The third-order valence-electron chi connectivity index (χ3n) is 2.78. The third-order valence-corrected chi connectivity index (χ3v) is 3.47. The SMILES string of the molecule is O=C(CCC(F)(F)F)Nc1ccc(Br)c2ccccc12. The van der Waals surface area contributed by atoms with E-state index in [9.17, 15) is 18.0 Å². The second-order valence-electron chi connectivity index (χ2n) is 4.30. The summed E-state index contributed by atoms with van der Waals surface area (Å²) < 4.78 is 37.1. The lowest BCUT2D eigenvalue weighted by Crippen LogP contribution is -2.16. The molecule has 0 fully saturated rings. The van der Waals surface area contributed by atoms with E-state index in [0.717, 1.165) is 15.2 Å². The number of hydrogen-bond acceptors (Lipinski definition) is 1. The first kappa shape index (κ1) is 14.8. The zero-order valence-electron chi connectivity index (χ0n) is 10.3. The Morgan fingerprint density at radius 3 is 2.40 bits per heavy atom. The lowest BCUT2D eigenvalue weighted by atomic mass is 10.1. The highest BCUT2D eigenvalue weighted by molar-refractivity contribution is 9.10. The van der Waals surface area contributed by atoms with Gasteiger partial charge >= 0.3 is 6.18 Å². The molecule has 2 rings (SSSR count). The van der Waals surface area contributed by atoms with Crippen LogP contribution in [0.2, 0.25) is 0 Å². The van der Waals surface area contributed by atoms with Crippen LogP contribution < -0.4 is 5.32 Å². The summed E-state index contributed by atoms with van der Waals surface area (Å²) in [5, 5.41) is 4.19. The first-order valence-corrected chi connectivity index (χ1v) is 6.70. The summed E-state index contributed by atoms with van der Waals surface area (Å²) in [6.07, 6.45) is -6.01. The van der Waals surface area contributed by atoms with E-state index in [4.69, 9.17) is 0 Å². The second-order valence-corrected chi connectivity index (χ2v) is 5.16. The maximum atomic E-state index is 12.1. The summed E-state index contributed by atoms with van der Waals surface area (Å²) in [7, 11) is 0. The molecule has 0 unspecified atom stereocenters. The van der Waals surface area contributed by atoms with Crippen LogP contribution in [0.1, 0.15) is 12.8 Å². The van der Waals surface area contributed by atoms with Gasteiger partial charge in [0.1, 0.15) is 0 Å². The predicted molar refractivity (Wildman–Crippen MR) is 75.6 cm³/mol. The number of fused-ring (bicyclic) bond motifs is 1. The second kappa shape index (κ2) is 5.83. The van der Waals surface area contributed by atoms with Gasteiger partial charge in [-0.15, -0.1) is 0 Å². The van der Waals surface area contributed by atoms with Crippen LogP contribution in [-0.2, 0) is 4.79 Å². The fraction of sp³-hybridized carbons (Fsp3) is 0.214. The molecule has 0 aliphatic carbocycles. The summed E-state index contributed by atoms with van der Waals surface area (Å²) >= 11 is 3.39. The molecule has 6 heteroatoms. The Morgan fingerprint density at radius 1 is 1.10 bits per heavy atom. The topological polar surface area (TPSA) is 29.1 Å². The average molecular weight is 346 g/mol. The van der Waals surface area contributed by atoms with Crippen LogP contribution in [-0.4, -0.2) is 12.1 Å². The third kappa shape index (κ3) is 3.72. The Hall–Kier alpha value is -1.56. The highest BCUT2D eigenvalue weighted by Crippen LogP contribution is 2.30. The molecule has 20 heavy (non-hydrogen) atoms. The predicted octanol–water partition coefficient (Wildman–Crippen LogP) is 4.88. The van der Waals surface area contributed by atoms with Crippen molar-refractivity contribution in [3.8, 4) is 0 Å². The molecular weight excluding hydrogens is 335 g/mol. The molecule has 0 bridgehead atoms. The van der Waals surface area contributed by atoms with Gasteiger partial charge in [0.2, 0.25) is 5.91 Å². The summed E-state index contributed by atoms with van der Waals surface area (Å²) in [5.41, 5.74) is 0.510. The van der Waals surface area contributed by atoms with E-state index in [1.165, 1.54) is 0 Å². The van der Waals surface area contributed by atoms with Gasteiger partial charge in [0.15, 0.2) is 0 Å². The average Bonchev–Trinajstić information content (AvgIpc) is 2.39. The van der Waals surface area contributed by atoms with Gasteiger partial charge in [-0.3, -0.25) is 4.79 Å². The number of carbonyl (C=O) groups excluding carboxylic acids is 1. The maximum Gasteiger partial charge on any atom is 0.389 e. The van der Waals surface area contributed by atoms with E-state index < -0.39 is 24.9 Å². The van der Waals surface area contributed by atoms with Gasteiger partial charge in [0.05, 0.1) is 6.42 Å². The van der Waals surface area contributed by atoms with Crippen LogP contribution in [0.4, 0.5) is 18.9 Å². The number of rotatable bonds is 3. The molecule has 0 spiro atoms. The van der Waals surface area contributed by atoms with E-state index in [-0.39, 0.29) is 0 Å². The van der Waals surface area contributed by atoms with Crippen molar-refractivity contribution in [3.63, 3.8) is 0 Å². The van der Waals surface area contributed by atoms with E-state index in [1.54, 1.807) is 24.3 Å². The van der Waals surface area contributed by atoms with Crippen molar-refractivity contribution in [3.05, 3.63) is 40.9 Å². The summed E-state index contributed by atoms with van der Waals surface area (Å²) in [5.74, 6) is -0.644. The van der Waals surface area contributed by atoms with E-state index in [1.807, 2.05) is 12.1 Å². The molecule has 0 saturated heterocycles. The Morgan fingerprint density at radius 2 is 1.75 bits per heavy atom. The van der Waals surface area contributed by atoms with Gasteiger partial charge in [-0.2, -0.15) is 13.2 Å². The van der Waals surface area contributed by atoms with Crippen molar-refractivity contribution in [2.24, 2.45) is 0 Å². The highest BCUT2D eigenvalue weighted by atomic mass is 79.9. The minimum Gasteiger partial charge on any atom is -0.326 e. The number of alkyl halides is 3. The first-order valence-electron chi connectivity index (χ1n) is 5.91. The van der Waals surface area contributed by atoms with Gasteiger partial charge in [-0.05, 0) is 17.5 Å². The van der Waals surface area contributed by atoms with Crippen LogP contribution >= 0.6 is 15.9 Å². The fourth-order valence-electron chi connectivity index (χ4n) is 1.84.